The molecule has 8 heteroatoms. The van der Waals surface area contributed by atoms with Crippen LogP contribution in [0, 0.1) is 11.6 Å². The Morgan fingerprint density at radius 3 is 2.74 bits per heavy atom. The molecule has 0 bridgehead atoms. The number of amides is 1. The molecule has 1 amide bonds. The third-order valence-corrected chi connectivity index (χ3v) is 3.84. The lowest BCUT2D eigenvalue weighted by Gasteiger charge is -2.13. The lowest BCUT2D eigenvalue weighted by atomic mass is 10.1. The van der Waals surface area contributed by atoms with Gasteiger partial charge in [0.25, 0.3) is 5.91 Å². The smallest absolute Gasteiger partial charge is 0.311 e. The summed E-state index contributed by atoms with van der Waals surface area (Å²) in [7, 11) is 0. The molecule has 2 N–H and O–H groups in total. The van der Waals surface area contributed by atoms with Crippen LogP contribution in [0.3, 0.4) is 0 Å². The van der Waals surface area contributed by atoms with Crippen molar-refractivity contribution in [2.45, 2.75) is 19.4 Å². The van der Waals surface area contributed by atoms with Gasteiger partial charge >= 0.3 is 5.97 Å². The molecule has 3 rings (SSSR count). The minimum Gasteiger partial charge on any atom is -0.508 e. The molecule has 0 spiro atoms. The molecular weight excluding hydrogens is 360 g/mol. The van der Waals surface area contributed by atoms with Gasteiger partial charge in [0, 0.05) is 23.1 Å². The van der Waals surface area contributed by atoms with Gasteiger partial charge in [-0.25, -0.2) is 8.78 Å². The Balaban J connectivity index is 1.61. The number of anilines is 1. The van der Waals surface area contributed by atoms with Gasteiger partial charge in [0.15, 0.2) is 6.10 Å². The Morgan fingerprint density at radius 1 is 1.22 bits per heavy atom. The number of rotatable bonds is 5. The fourth-order valence-corrected chi connectivity index (χ4v) is 2.48. The molecule has 0 saturated carbocycles. The second-order valence-corrected chi connectivity index (χ2v) is 5.86. The summed E-state index contributed by atoms with van der Waals surface area (Å²) in [6.45, 7) is 1.33. The zero-order chi connectivity index (χ0) is 19.6. The van der Waals surface area contributed by atoms with Crippen molar-refractivity contribution in [1.29, 1.82) is 0 Å². The summed E-state index contributed by atoms with van der Waals surface area (Å²) in [4.78, 5) is 24.1. The highest BCUT2D eigenvalue weighted by molar-refractivity contribution is 5.95. The van der Waals surface area contributed by atoms with E-state index in [1.807, 2.05) is 0 Å². The van der Waals surface area contributed by atoms with Crippen LogP contribution in [0.5, 0.6) is 5.75 Å². The Hall–Kier alpha value is -3.42. The first-order valence-corrected chi connectivity index (χ1v) is 7.98. The van der Waals surface area contributed by atoms with Gasteiger partial charge < -0.3 is 19.6 Å². The third-order valence-electron chi connectivity index (χ3n) is 3.84. The average molecular weight is 375 g/mol. The molecule has 0 aliphatic carbocycles. The number of benzene rings is 2. The second-order valence-electron chi connectivity index (χ2n) is 5.86. The number of ether oxygens (including phenoxy) is 1. The summed E-state index contributed by atoms with van der Waals surface area (Å²) in [5, 5.41) is 12.3. The van der Waals surface area contributed by atoms with Crippen LogP contribution in [0.25, 0.3) is 11.0 Å². The number of phenols is 1. The summed E-state index contributed by atoms with van der Waals surface area (Å²) in [6, 6.07) is 7.18. The quantitative estimate of drug-likeness (QED) is 0.666. The minimum absolute atomic E-state index is 0.0318. The lowest BCUT2D eigenvalue weighted by molar-refractivity contribution is -0.152. The van der Waals surface area contributed by atoms with Gasteiger partial charge in [0.2, 0.25) is 0 Å². The molecule has 0 radical (unpaired) electrons. The van der Waals surface area contributed by atoms with Crippen molar-refractivity contribution in [3.05, 3.63) is 59.9 Å². The summed E-state index contributed by atoms with van der Waals surface area (Å²) in [6.07, 6.45) is 0.0220. The minimum atomic E-state index is -1.19. The van der Waals surface area contributed by atoms with Crippen molar-refractivity contribution >= 4 is 28.5 Å². The zero-order valence-electron chi connectivity index (χ0n) is 14.2. The van der Waals surface area contributed by atoms with Crippen LogP contribution in [-0.4, -0.2) is 23.1 Å². The van der Waals surface area contributed by atoms with Crippen LogP contribution in [0.4, 0.5) is 14.5 Å². The lowest BCUT2D eigenvalue weighted by Crippen LogP contribution is -2.30. The van der Waals surface area contributed by atoms with Crippen molar-refractivity contribution in [2.75, 3.05) is 5.32 Å². The van der Waals surface area contributed by atoms with Crippen LogP contribution in [0.15, 0.2) is 47.1 Å². The van der Waals surface area contributed by atoms with E-state index in [-0.39, 0.29) is 17.9 Å². The zero-order valence-corrected chi connectivity index (χ0v) is 14.2. The van der Waals surface area contributed by atoms with E-state index in [0.29, 0.717) is 22.6 Å². The first kappa shape index (κ1) is 18.4. The molecule has 1 atom stereocenters. The van der Waals surface area contributed by atoms with Gasteiger partial charge in [-0.1, -0.05) is 0 Å². The average Bonchev–Trinajstić information content (AvgIpc) is 2.98. The highest BCUT2D eigenvalue weighted by Crippen LogP contribution is 2.25. The second kappa shape index (κ2) is 7.45. The van der Waals surface area contributed by atoms with Gasteiger partial charge in [0.05, 0.1) is 18.4 Å². The van der Waals surface area contributed by atoms with Crippen molar-refractivity contribution in [1.82, 2.24) is 0 Å². The van der Waals surface area contributed by atoms with Crippen molar-refractivity contribution < 1.29 is 32.6 Å². The standard InChI is InChI=1S/C19H15F2NO5/c1-10(19(25)22-16-5-2-12(20)7-15(16)21)27-18(24)6-11-9-26-17-8-13(23)3-4-14(11)17/h2-5,7-10,23H,6H2,1H3,(H,22,25)/t10-/m1/s1. The number of esters is 1. The first-order chi connectivity index (χ1) is 12.8. The predicted octanol–water partition coefficient (Wildman–Crippen LogP) is 3.53. The normalized spacial score (nSPS) is 12.0. The number of halogens is 2. The molecular formula is C19H15F2NO5. The largest absolute Gasteiger partial charge is 0.508 e. The van der Waals surface area contributed by atoms with E-state index in [1.165, 1.54) is 25.3 Å². The molecule has 1 aromatic heterocycles. The maximum atomic E-state index is 13.6. The fraction of sp³-hybridized carbons (Fsp3) is 0.158. The monoisotopic (exact) mass is 375 g/mol. The molecule has 6 nitrogen and oxygen atoms in total. The van der Waals surface area contributed by atoms with Crippen LogP contribution >= 0.6 is 0 Å². The number of aromatic hydroxyl groups is 1. The van der Waals surface area contributed by atoms with Gasteiger partial charge in [-0.15, -0.1) is 0 Å². The van der Waals surface area contributed by atoms with Crippen LogP contribution in [0.2, 0.25) is 0 Å². The van der Waals surface area contributed by atoms with E-state index in [0.717, 1.165) is 12.1 Å². The molecule has 27 heavy (non-hydrogen) atoms. The molecule has 0 aliphatic heterocycles. The van der Waals surface area contributed by atoms with Crippen LogP contribution in [-0.2, 0) is 20.7 Å². The van der Waals surface area contributed by atoms with Gasteiger partial charge in [-0.3, -0.25) is 9.59 Å². The molecule has 0 fully saturated rings. The Bertz CT molecular complexity index is 1010. The number of carbonyl (C=O) groups excluding carboxylic acids is 2. The maximum Gasteiger partial charge on any atom is 0.311 e. The van der Waals surface area contributed by atoms with Crippen molar-refractivity contribution in [3.63, 3.8) is 0 Å². The summed E-state index contributed by atoms with van der Waals surface area (Å²) in [5.74, 6) is -3.12. The molecule has 1 heterocycles. The molecule has 0 saturated heterocycles. The molecule has 3 aromatic rings. The van der Waals surface area contributed by atoms with E-state index >= 15 is 0 Å². The van der Waals surface area contributed by atoms with E-state index in [4.69, 9.17) is 9.15 Å². The molecule has 140 valence electrons. The molecule has 2 aromatic carbocycles. The van der Waals surface area contributed by atoms with Crippen LogP contribution < -0.4 is 5.32 Å². The molecule has 0 aliphatic rings. The topological polar surface area (TPSA) is 88.8 Å². The maximum absolute atomic E-state index is 13.6. The summed E-state index contributed by atoms with van der Waals surface area (Å²) in [5.41, 5.74) is 0.729. The first-order valence-electron chi connectivity index (χ1n) is 7.98. The number of hydrogen-bond donors (Lipinski definition) is 2. The number of nitrogens with one attached hydrogen (secondary N) is 1. The van der Waals surface area contributed by atoms with Gasteiger partial charge in [0.1, 0.15) is 23.0 Å². The van der Waals surface area contributed by atoms with E-state index in [9.17, 15) is 23.5 Å². The number of furan rings is 1. The highest BCUT2D eigenvalue weighted by atomic mass is 19.1. The van der Waals surface area contributed by atoms with E-state index in [2.05, 4.69) is 5.32 Å². The predicted molar refractivity (Wildman–Crippen MR) is 92.1 cm³/mol. The summed E-state index contributed by atoms with van der Waals surface area (Å²) >= 11 is 0. The number of hydrogen-bond acceptors (Lipinski definition) is 5. The van der Waals surface area contributed by atoms with E-state index in [1.54, 1.807) is 6.07 Å². The fourth-order valence-electron chi connectivity index (χ4n) is 2.48. The van der Waals surface area contributed by atoms with Crippen LogP contribution in [0.1, 0.15) is 12.5 Å². The van der Waals surface area contributed by atoms with Gasteiger partial charge in [-0.05, 0) is 31.2 Å². The third kappa shape index (κ3) is 4.22. The number of phenolic OH excluding ortho intramolecular Hbond substituents is 1. The van der Waals surface area contributed by atoms with Gasteiger partial charge in [-0.2, -0.15) is 0 Å². The summed E-state index contributed by atoms with van der Waals surface area (Å²) < 4.78 is 36.8. The van der Waals surface area contributed by atoms with E-state index < -0.39 is 29.6 Å². The molecule has 0 unspecified atom stereocenters. The SMILES string of the molecule is C[C@@H](OC(=O)Cc1coc2cc(O)ccc12)C(=O)Nc1ccc(F)cc1F. The number of fused-ring (bicyclic) bond motifs is 1. The Morgan fingerprint density at radius 2 is 2.00 bits per heavy atom. The Kier molecular flexibility index (Phi) is 5.07. The highest BCUT2D eigenvalue weighted by Gasteiger charge is 2.20. The van der Waals surface area contributed by atoms with Crippen molar-refractivity contribution in [3.8, 4) is 5.75 Å². The van der Waals surface area contributed by atoms with Crippen molar-refractivity contribution in [2.24, 2.45) is 0 Å². The number of carbonyl (C=O) groups is 2. The Labute approximate surface area is 152 Å².